The van der Waals surface area contributed by atoms with Gasteiger partial charge in [-0.1, -0.05) is 18.2 Å². The Morgan fingerprint density at radius 2 is 2.27 bits per heavy atom. The highest BCUT2D eigenvalue weighted by atomic mass is 16.5. The fourth-order valence-corrected chi connectivity index (χ4v) is 1.86. The molecule has 1 aromatic rings. The van der Waals surface area contributed by atoms with Crippen molar-refractivity contribution in [2.45, 2.75) is 12.8 Å². The second-order valence-corrected chi connectivity index (χ2v) is 3.67. The Kier molecular flexibility index (Phi) is 2.90. The number of ether oxygens (including phenoxy) is 2. The standard InChI is InChI=1S/C12H14O3/c1-14-11-5-3-2-4-9(11)8-10-6-7-15-12(10)13/h2-5,10H,6-8H2,1H3/t10-/m0/s1. The van der Waals surface area contributed by atoms with E-state index >= 15 is 0 Å². The van der Waals surface area contributed by atoms with Crippen LogP contribution < -0.4 is 4.74 Å². The van der Waals surface area contributed by atoms with Crippen LogP contribution in [0.4, 0.5) is 0 Å². The van der Waals surface area contributed by atoms with Gasteiger partial charge in [0.05, 0.1) is 19.6 Å². The number of carbonyl (C=O) groups is 1. The summed E-state index contributed by atoms with van der Waals surface area (Å²) in [6.45, 7) is 0.554. The Balaban J connectivity index is 2.12. The van der Waals surface area contributed by atoms with Crippen molar-refractivity contribution in [2.75, 3.05) is 13.7 Å². The van der Waals surface area contributed by atoms with Crippen molar-refractivity contribution in [2.24, 2.45) is 5.92 Å². The smallest absolute Gasteiger partial charge is 0.309 e. The number of cyclic esters (lactones) is 1. The SMILES string of the molecule is COc1ccccc1C[C@@H]1CCOC1=O. The summed E-state index contributed by atoms with van der Waals surface area (Å²) in [5, 5.41) is 0. The minimum atomic E-state index is -0.0825. The molecule has 0 aromatic heterocycles. The van der Waals surface area contributed by atoms with Crippen LogP contribution in [-0.2, 0) is 16.0 Å². The minimum absolute atomic E-state index is 0.00120. The van der Waals surface area contributed by atoms with Crippen LogP contribution in [-0.4, -0.2) is 19.7 Å². The van der Waals surface area contributed by atoms with Crippen molar-refractivity contribution in [3.05, 3.63) is 29.8 Å². The lowest BCUT2D eigenvalue weighted by Crippen LogP contribution is -2.11. The first-order valence-electron chi connectivity index (χ1n) is 5.10. The number of methoxy groups -OCH3 is 1. The predicted molar refractivity (Wildman–Crippen MR) is 55.8 cm³/mol. The first kappa shape index (κ1) is 10.0. The molecule has 0 amide bonds. The molecule has 2 rings (SSSR count). The molecule has 15 heavy (non-hydrogen) atoms. The molecule has 1 fully saturated rings. The molecule has 1 heterocycles. The molecule has 0 spiro atoms. The molecule has 0 radical (unpaired) electrons. The minimum Gasteiger partial charge on any atom is -0.496 e. The summed E-state index contributed by atoms with van der Waals surface area (Å²) >= 11 is 0. The second kappa shape index (κ2) is 4.34. The van der Waals surface area contributed by atoms with E-state index in [-0.39, 0.29) is 11.9 Å². The van der Waals surface area contributed by atoms with Gasteiger partial charge in [-0.05, 0) is 24.5 Å². The molecular formula is C12H14O3. The molecule has 0 bridgehead atoms. The fourth-order valence-electron chi connectivity index (χ4n) is 1.86. The first-order chi connectivity index (χ1) is 7.31. The summed E-state index contributed by atoms with van der Waals surface area (Å²) in [5.41, 5.74) is 1.07. The number of esters is 1. The van der Waals surface area contributed by atoms with Gasteiger partial charge in [0.1, 0.15) is 5.75 Å². The van der Waals surface area contributed by atoms with E-state index in [1.165, 1.54) is 0 Å². The number of benzene rings is 1. The zero-order valence-corrected chi connectivity index (χ0v) is 8.73. The van der Waals surface area contributed by atoms with Crippen LogP contribution in [0.1, 0.15) is 12.0 Å². The van der Waals surface area contributed by atoms with Crippen molar-refractivity contribution < 1.29 is 14.3 Å². The molecular weight excluding hydrogens is 192 g/mol. The van der Waals surface area contributed by atoms with Gasteiger partial charge in [-0.25, -0.2) is 0 Å². The molecule has 1 aliphatic rings. The van der Waals surface area contributed by atoms with Gasteiger partial charge in [-0.15, -0.1) is 0 Å². The summed E-state index contributed by atoms with van der Waals surface area (Å²) in [4.78, 5) is 11.3. The Hall–Kier alpha value is -1.51. The van der Waals surface area contributed by atoms with E-state index in [0.717, 1.165) is 17.7 Å². The van der Waals surface area contributed by atoms with Crippen molar-refractivity contribution >= 4 is 5.97 Å². The lowest BCUT2D eigenvalue weighted by Gasteiger charge is -2.09. The Morgan fingerprint density at radius 3 is 2.93 bits per heavy atom. The predicted octanol–water partition coefficient (Wildman–Crippen LogP) is 1.80. The highest BCUT2D eigenvalue weighted by Crippen LogP contribution is 2.25. The van der Waals surface area contributed by atoms with Gasteiger partial charge in [0.2, 0.25) is 0 Å². The maximum Gasteiger partial charge on any atom is 0.309 e. The third-order valence-electron chi connectivity index (χ3n) is 2.70. The molecule has 1 aromatic carbocycles. The van der Waals surface area contributed by atoms with Gasteiger partial charge in [0.15, 0.2) is 0 Å². The van der Waals surface area contributed by atoms with Gasteiger partial charge in [-0.2, -0.15) is 0 Å². The molecule has 0 unspecified atom stereocenters. The highest BCUT2D eigenvalue weighted by molar-refractivity contribution is 5.74. The van der Waals surface area contributed by atoms with Crippen LogP contribution in [0.3, 0.4) is 0 Å². The number of hydrogen-bond acceptors (Lipinski definition) is 3. The van der Waals surface area contributed by atoms with Crippen LogP contribution in [0.2, 0.25) is 0 Å². The van der Waals surface area contributed by atoms with E-state index in [2.05, 4.69) is 0 Å². The van der Waals surface area contributed by atoms with Crippen molar-refractivity contribution in [1.82, 2.24) is 0 Å². The van der Waals surface area contributed by atoms with Gasteiger partial charge in [-0.3, -0.25) is 4.79 Å². The number of rotatable bonds is 3. The van der Waals surface area contributed by atoms with E-state index in [9.17, 15) is 4.79 Å². The topological polar surface area (TPSA) is 35.5 Å². The monoisotopic (exact) mass is 206 g/mol. The third kappa shape index (κ3) is 2.12. The van der Waals surface area contributed by atoms with E-state index in [4.69, 9.17) is 9.47 Å². The maximum atomic E-state index is 11.3. The fraction of sp³-hybridized carbons (Fsp3) is 0.417. The molecule has 1 saturated heterocycles. The Bertz CT molecular complexity index is 360. The lowest BCUT2D eigenvalue weighted by atomic mass is 9.97. The summed E-state index contributed by atoms with van der Waals surface area (Å²) in [5.74, 6) is 0.763. The Morgan fingerprint density at radius 1 is 1.47 bits per heavy atom. The number of para-hydroxylation sites is 1. The van der Waals surface area contributed by atoms with Gasteiger partial charge in [0.25, 0.3) is 0 Å². The first-order valence-corrected chi connectivity index (χ1v) is 5.10. The molecule has 1 aliphatic heterocycles. The molecule has 3 nitrogen and oxygen atoms in total. The van der Waals surface area contributed by atoms with Gasteiger partial charge < -0.3 is 9.47 Å². The average Bonchev–Trinajstić information content (AvgIpc) is 2.65. The second-order valence-electron chi connectivity index (χ2n) is 3.67. The molecule has 0 aliphatic carbocycles. The van der Waals surface area contributed by atoms with Crippen molar-refractivity contribution in [3.8, 4) is 5.75 Å². The van der Waals surface area contributed by atoms with Crippen molar-refractivity contribution in [3.63, 3.8) is 0 Å². The van der Waals surface area contributed by atoms with Gasteiger partial charge in [0, 0.05) is 0 Å². The zero-order chi connectivity index (χ0) is 10.7. The van der Waals surface area contributed by atoms with E-state index in [1.807, 2.05) is 24.3 Å². The Labute approximate surface area is 89.0 Å². The van der Waals surface area contributed by atoms with E-state index in [1.54, 1.807) is 7.11 Å². The lowest BCUT2D eigenvalue weighted by molar-refractivity contribution is -0.141. The normalized spacial score (nSPS) is 20.1. The maximum absolute atomic E-state index is 11.3. The largest absolute Gasteiger partial charge is 0.496 e. The van der Waals surface area contributed by atoms with E-state index in [0.29, 0.717) is 13.0 Å². The zero-order valence-electron chi connectivity index (χ0n) is 8.73. The van der Waals surface area contributed by atoms with Crippen LogP contribution in [0, 0.1) is 5.92 Å². The van der Waals surface area contributed by atoms with E-state index < -0.39 is 0 Å². The summed E-state index contributed by atoms with van der Waals surface area (Å²) in [6, 6.07) is 7.79. The number of carbonyl (C=O) groups excluding carboxylic acids is 1. The molecule has 3 heteroatoms. The number of hydrogen-bond donors (Lipinski definition) is 0. The third-order valence-corrected chi connectivity index (χ3v) is 2.70. The van der Waals surface area contributed by atoms with Gasteiger partial charge >= 0.3 is 5.97 Å². The molecule has 0 saturated carbocycles. The van der Waals surface area contributed by atoms with Crippen LogP contribution in [0.25, 0.3) is 0 Å². The van der Waals surface area contributed by atoms with Crippen LogP contribution in [0.5, 0.6) is 5.75 Å². The summed E-state index contributed by atoms with van der Waals surface area (Å²) < 4.78 is 10.2. The van der Waals surface area contributed by atoms with Crippen molar-refractivity contribution in [1.29, 1.82) is 0 Å². The van der Waals surface area contributed by atoms with Crippen LogP contribution >= 0.6 is 0 Å². The summed E-state index contributed by atoms with van der Waals surface area (Å²) in [7, 11) is 1.64. The highest BCUT2D eigenvalue weighted by Gasteiger charge is 2.27. The molecule has 0 N–H and O–H groups in total. The molecule has 1 atom stereocenters. The molecule has 80 valence electrons. The average molecular weight is 206 g/mol. The summed E-state index contributed by atoms with van der Waals surface area (Å²) in [6.07, 6.45) is 1.53. The van der Waals surface area contributed by atoms with Crippen LogP contribution in [0.15, 0.2) is 24.3 Å². The quantitative estimate of drug-likeness (QED) is 0.707.